The van der Waals surface area contributed by atoms with E-state index in [-0.39, 0.29) is 0 Å². The van der Waals surface area contributed by atoms with E-state index in [2.05, 4.69) is 10.5 Å². The Bertz CT molecular complexity index is 967. The fraction of sp³-hybridized carbons (Fsp3) is 0. The first-order valence-electron chi connectivity index (χ1n) is 7.12. The molecule has 1 aromatic heterocycles. The van der Waals surface area contributed by atoms with Gasteiger partial charge in [0.1, 0.15) is 10.6 Å². The SMILES string of the molecule is NC(=O)N/N=C\c1ccc(OC(=O)c2sc3ccccc3c2Cl)cc1. The number of halogens is 1. The van der Waals surface area contributed by atoms with E-state index in [1.54, 1.807) is 24.3 Å². The highest BCUT2D eigenvalue weighted by Gasteiger charge is 2.18. The molecule has 6 nitrogen and oxygen atoms in total. The monoisotopic (exact) mass is 373 g/mol. The van der Waals surface area contributed by atoms with Gasteiger partial charge >= 0.3 is 12.0 Å². The van der Waals surface area contributed by atoms with Crippen LogP contribution in [0.5, 0.6) is 5.75 Å². The van der Waals surface area contributed by atoms with Gasteiger partial charge in [0.15, 0.2) is 0 Å². The molecule has 1 heterocycles. The van der Waals surface area contributed by atoms with Crippen LogP contribution < -0.4 is 15.9 Å². The summed E-state index contributed by atoms with van der Waals surface area (Å²) in [6.45, 7) is 0. The van der Waals surface area contributed by atoms with E-state index in [4.69, 9.17) is 22.1 Å². The molecule has 0 saturated heterocycles. The van der Waals surface area contributed by atoms with Gasteiger partial charge in [0.25, 0.3) is 0 Å². The third-order valence-electron chi connectivity index (χ3n) is 3.20. The van der Waals surface area contributed by atoms with Crippen molar-refractivity contribution in [3.8, 4) is 5.75 Å². The lowest BCUT2D eigenvalue weighted by molar-refractivity contribution is 0.0740. The van der Waals surface area contributed by atoms with Crippen molar-refractivity contribution >= 4 is 51.2 Å². The Kier molecular flexibility index (Phi) is 4.97. The molecule has 25 heavy (non-hydrogen) atoms. The zero-order valence-corrected chi connectivity index (χ0v) is 14.3. The number of benzene rings is 2. The molecule has 0 spiro atoms. The van der Waals surface area contributed by atoms with Gasteiger partial charge in [0, 0.05) is 10.1 Å². The number of rotatable bonds is 4. The third-order valence-corrected chi connectivity index (χ3v) is 4.85. The molecule has 2 amide bonds. The maximum Gasteiger partial charge on any atom is 0.355 e. The maximum absolute atomic E-state index is 12.4. The highest BCUT2D eigenvalue weighted by atomic mass is 35.5. The maximum atomic E-state index is 12.4. The minimum Gasteiger partial charge on any atom is -0.422 e. The van der Waals surface area contributed by atoms with Crippen molar-refractivity contribution < 1.29 is 14.3 Å². The number of ether oxygens (including phenoxy) is 1. The molecule has 3 N–H and O–H groups in total. The van der Waals surface area contributed by atoms with Gasteiger partial charge in [-0.25, -0.2) is 15.0 Å². The van der Waals surface area contributed by atoms with Crippen molar-refractivity contribution in [1.82, 2.24) is 5.43 Å². The standard InChI is InChI=1S/C17H12ClN3O3S/c18-14-12-3-1-2-4-13(12)25-15(14)16(22)24-11-7-5-10(6-8-11)9-20-21-17(19)23/h1-9H,(H3,19,21,23)/b20-9-. The number of urea groups is 1. The van der Waals surface area contributed by atoms with Crippen LogP contribution in [0.2, 0.25) is 5.02 Å². The summed E-state index contributed by atoms with van der Waals surface area (Å²) in [5.74, 6) is -0.137. The predicted octanol–water partition coefficient (Wildman–Crippen LogP) is 3.78. The number of nitrogens with zero attached hydrogens (tertiary/aromatic N) is 1. The van der Waals surface area contributed by atoms with Crippen LogP contribution >= 0.6 is 22.9 Å². The van der Waals surface area contributed by atoms with Crippen LogP contribution in [0.1, 0.15) is 15.2 Å². The summed E-state index contributed by atoms with van der Waals surface area (Å²) >= 11 is 7.56. The van der Waals surface area contributed by atoms with Gasteiger partial charge in [-0.2, -0.15) is 5.10 Å². The summed E-state index contributed by atoms with van der Waals surface area (Å²) in [5.41, 5.74) is 7.69. The van der Waals surface area contributed by atoms with E-state index in [1.165, 1.54) is 17.6 Å². The van der Waals surface area contributed by atoms with Gasteiger partial charge in [-0.05, 0) is 35.9 Å². The first-order chi connectivity index (χ1) is 12.0. The van der Waals surface area contributed by atoms with Crippen LogP contribution in [0.3, 0.4) is 0 Å². The smallest absolute Gasteiger partial charge is 0.355 e. The molecule has 3 rings (SSSR count). The molecule has 2 aromatic carbocycles. The van der Waals surface area contributed by atoms with Gasteiger partial charge in [0.2, 0.25) is 0 Å². The van der Waals surface area contributed by atoms with Gasteiger partial charge in [-0.15, -0.1) is 11.3 Å². The molecule has 0 unspecified atom stereocenters. The Balaban J connectivity index is 1.73. The van der Waals surface area contributed by atoms with Crippen LogP contribution in [0.4, 0.5) is 4.79 Å². The second-order valence-corrected chi connectivity index (χ2v) is 6.36. The highest BCUT2D eigenvalue weighted by Crippen LogP contribution is 2.35. The van der Waals surface area contributed by atoms with Gasteiger partial charge in [0.05, 0.1) is 11.2 Å². The lowest BCUT2D eigenvalue weighted by Crippen LogP contribution is -2.24. The van der Waals surface area contributed by atoms with Crippen LogP contribution in [-0.4, -0.2) is 18.2 Å². The molecule has 0 saturated carbocycles. The number of thiophene rings is 1. The second-order valence-electron chi connectivity index (χ2n) is 4.93. The van der Waals surface area contributed by atoms with E-state index in [0.717, 1.165) is 10.1 Å². The number of carbonyl (C=O) groups excluding carboxylic acids is 2. The third kappa shape index (κ3) is 3.96. The zero-order valence-electron chi connectivity index (χ0n) is 12.7. The number of hydrogen-bond acceptors (Lipinski definition) is 5. The molecule has 0 aliphatic heterocycles. The highest BCUT2D eigenvalue weighted by molar-refractivity contribution is 7.21. The second kappa shape index (κ2) is 7.33. The molecular formula is C17H12ClN3O3S. The normalized spacial score (nSPS) is 10.9. The van der Waals surface area contributed by atoms with E-state index >= 15 is 0 Å². The lowest BCUT2D eigenvalue weighted by atomic mass is 10.2. The largest absolute Gasteiger partial charge is 0.422 e. The fourth-order valence-corrected chi connectivity index (χ4v) is 3.48. The quantitative estimate of drug-likeness (QED) is 0.315. The van der Waals surface area contributed by atoms with Crippen LogP contribution in [0.25, 0.3) is 10.1 Å². The van der Waals surface area contributed by atoms with Crippen molar-refractivity contribution in [2.24, 2.45) is 10.8 Å². The van der Waals surface area contributed by atoms with Crippen molar-refractivity contribution in [3.05, 3.63) is 64.0 Å². The number of carbonyl (C=O) groups is 2. The molecular weight excluding hydrogens is 362 g/mol. The van der Waals surface area contributed by atoms with Gasteiger partial charge in [-0.1, -0.05) is 29.8 Å². The number of esters is 1. The summed E-state index contributed by atoms with van der Waals surface area (Å²) in [7, 11) is 0. The molecule has 0 bridgehead atoms. The van der Waals surface area contributed by atoms with Crippen molar-refractivity contribution in [2.45, 2.75) is 0 Å². The molecule has 0 radical (unpaired) electrons. The van der Waals surface area contributed by atoms with Crippen molar-refractivity contribution in [2.75, 3.05) is 0 Å². The van der Waals surface area contributed by atoms with E-state index in [1.807, 2.05) is 24.3 Å². The minimum absolute atomic E-state index is 0.360. The van der Waals surface area contributed by atoms with Gasteiger partial charge in [-0.3, -0.25) is 0 Å². The van der Waals surface area contributed by atoms with Crippen molar-refractivity contribution in [1.29, 1.82) is 0 Å². The Morgan fingerprint density at radius 1 is 1.16 bits per heavy atom. The van der Waals surface area contributed by atoms with Gasteiger partial charge < -0.3 is 10.5 Å². The lowest BCUT2D eigenvalue weighted by Gasteiger charge is -2.03. The first kappa shape index (κ1) is 16.9. The first-order valence-corrected chi connectivity index (χ1v) is 8.32. The Morgan fingerprint density at radius 2 is 1.88 bits per heavy atom. The molecule has 0 atom stereocenters. The predicted molar refractivity (Wildman–Crippen MR) is 98.5 cm³/mol. The number of fused-ring (bicyclic) bond motifs is 1. The number of amides is 2. The average molecular weight is 374 g/mol. The van der Waals surface area contributed by atoms with Crippen LogP contribution in [0.15, 0.2) is 53.6 Å². The molecule has 0 aliphatic carbocycles. The summed E-state index contributed by atoms with van der Waals surface area (Å²) in [6.07, 6.45) is 1.42. The Labute approximate surface area is 151 Å². The molecule has 3 aromatic rings. The van der Waals surface area contributed by atoms with Crippen LogP contribution in [-0.2, 0) is 0 Å². The number of nitrogens with two attached hydrogens (primary N) is 1. The zero-order chi connectivity index (χ0) is 17.8. The average Bonchev–Trinajstić information content (AvgIpc) is 2.94. The van der Waals surface area contributed by atoms with E-state index in [0.29, 0.717) is 21.2 Å². The molecule has 8 heteroatoms. The summed E-state index contributed by atoms with van der Waals surface area (Å²) in [4.78, 5) is 23.2. The molecule has 0 aliphatic rings. The number of hydrogen-bond donors (Lipinski definition) is 2. The molecule has 0 fully saturated rings. The van der Waals surface area contributed by atoms with Crippen molar-refractivity contribution in [3.63, 3.8) is 0 Å². The summed E-state index contributed by atoms with van der Waals surface area (Å²) in [6, 6.07) is 13.4. The fourth-order valence-electron chi connectivity index (χ4n) is 2.09. The van der Waals surface area contributed by atoms with Crippen LogP contribution in [0, 0.1) is 0 Å². The Hall–Kier alpha value is -2.90. The summed E-state index contributed by atoms with van der Waals surface area (Å²) in [5, 5.41) is 4.87. The van der Waals surface area contributed by atoms with E-state index < -0.39 is 12.0 Å². The summed E-state index contributed by atoms with van der Waals surface area (Å²) < 4.78 is 6.29. The minimum atomic E-state index is -0.748. The number of primary amides is 1. The molecule has 126 valence electrons. The Morgan fingerprint density at radius 3 is 2.56 bits per heavy atom. The van der Waals surface area contributed by atoms with E-state index in [9.17, 15) is 9.59 Å². The topological polar surface area (TPSA) is 93.8 Å². The number of nitrogens with one attached hydrogen (secondary N) is 1. The number of hydrazone groups is 1.